The zero-order valence-corrected chi connectivity index (χ0v) is 9.56. The zero-order chi connectivity index (χ0) is 9.84. The van der Waals surface area contributed by atoms with Crippen LogP contribution in [0, 0.1) is 0 Å². The Labute approximate surface area is 87.4 Å². The SMILES string of the molecule is CN(C)CCN(C)c1nsnc1Cl. The largest absolute Gasteiger partial charge is 0.355 e. The lowest BCUT2D eigenvalue weighted by Gasteiger charge is -2.18. The molecule has 0 amide bonds. The van der Waals surface area contributed by atoms with Crippen LogP contribution in [0.3, 0.4) is 0 Å². The van der Waals surface area contributed by atoms with Crippen LogP contribution in [0.2, 0.25) is 5.15 Å². The van der Waals surface area contributed by atoms with Crippen LogP contribution < -0.4 is 4.90 Å². The van der Waals surface area contributed by atoms with E-state index in [1.54, 1.807) is 0 Å². The van der Waals surface area contributed by atoms with Crippen molar-refractivity contribution in [2.45, 2.75) is 0 Å². The number of anilines is 1. The normalized spacial score (nSPS) is 10.8. The van der Waals surface area contributed by atoms with E-state index in [0.29, 0.717) is 5.15 Å². The monoisotopic (exact) mass is 220 g/mol. The quantitative estimate of drug-likeness (QED) is 0.763. The Kier molecular flexibility index (Phi) is 3.90. The van der Waals surface area contributed by atoms with Gasteiger partial charge in [0.15, 0.2) is 11.0 Å². The highest BCUT2D eigenvalue weighted by Crippen LogP contribution is 2.20. The van der Waals surface area contributed by atoms with Gasteiger partial charge in [-0.3, -0.25) is 0 Å². The first-order valence-corrected chi connectivity index (χ1v) is 5.06. The Hall–Kier alpha value is -0.390. The first-order valence-electron chi connectivity index (χ1n) is 3.95. The van der Waals surface area contributed by atoms with Crippen LogP contribution in [0.1, 0.15) is 0 Å². The Bertz CT molecular complexity index is 263. The Morgan fingerprint density at radius 2 is 1.92 bits per heavy atom. The molecule has 0 aliphatic carbocycles. The van der Waals surface area contributed by atoms with E-state index < -0.39 is 0 Å². The Balaban J connectivity index is 2.49. The van der Waals surface area contributed by atoms with Crippen molar-refractivity contribution in [1.29, 1.82) is 0 Å². The van der Waals surface area contributed by atoms with Crippen molar-refractivity contribution in [2.75, 3.05) is 39.1 Å². The molecular weight excluding hydrogens is 208 g/mol. The first-order chi connectivity index (χ1) is 6.11. The third-order valence-electron chi connectivity index (χ3n) is 1.68. The van der Waals surface area contributed by atoms with Gasteiger partial charge in [-0.2, -0.15) is 8.75 Å². The summed E-state index contributed by atoms with van der Waals surface area (Å²) < 4.78 is 8.01. The molecule has 0 unspecified atom stereocenters. The van der Waals surface area contributed by atoms with Gasteiger partial charge in [0.2, 0.25) is 0 Å². The average molecular weight is 221 g/mol. The van der Waals surface area contributed by atoms with Gasteiger partial charge >= 0.3 is 0 Å². The number of likely N-dealkylation sites (N-methyl/N-ethyl adjacent to an activating group) is 2. The molecule has 74 valence electrons. The molecule has 1 aromatic heterocycles. The topological polar surface area (TPSA) is 32.3 Å². The summed E-state index contributed by atoms with van der Waals surface area (Å²) in [6.45, 7) is 1.88. The third kappa shape index (κ3) is 3.10. The van der Waals surface area contributed by atoms with E-state index in [1.165, 1.54) is 0 Å². The highest BCUT2D eigenvalue weighted by atomic mass is 35.5. The van der Waals surface area contributed by atoms with E-state index in [4.69, 9.17) is 11.6 Å². The van der Waals surface area contributed by atoms with Crippen molar-refractivity contribution in [3.05, 3.63) is 5.15 Å². The van der Waals surface area contributed by atoms with E-state index in [-0.39, 0.29) is 0 Å². The Morgan fingerprint density at radius 3 is 2.38 bits per heavy atom. The number of halogens is 1. The standard InChI is InChI=1S/C7H13ClN4S/c1-11(2)4-5-12(3)7-6(8)9-13-10-7/h4-5H2,1-3H3. The van der Waals surface area contributed by atoms with Gasteiger partial charge < -0.3 is 9.80 Å². The molecule has 1 heterocycles. The molecule has 0 atom stereocenters. The van der Waals surface area contributed by atoms with Gasteiger partial charge in [0.25, 0.3) is 0 Å². The van der Waals surface area contributed by atoms with Gasteiger partial charge in [-0.05, 0) is 14.1 Å². The smallest absolute Gasteiger partial charge is 0.187 e. The molecule has 0 N–H and O–H groups in total. The summed E-state index contributed by atoms with van der Waals surface area (Å²) in [6.07, 6.45) is 0. The molecule has 0 saturated heterocycles. The maximum absolute atomic E-state index is 5.83. The number of hydrogen-bond donors (Lipinski definition) is 0. The van der Waals surface area contributed by atoms with E-state index in [1.807, 2.05) is 26.0 Å². The fourth-order valence-corrected chi connectivity index (χ4v) is 1.68. The van der Waals surface area contributed by atoms with E-state index in [0.717, 1.165) is 30.6 Å². The molecule has 6 heteroatoms. The number of rotatable bonds is 4. The molecule has 0 fully saturated rings. The molecule has 0 bridgehead atoms. The lowest BCUT2D eigenvalue weighted by atomic mass is 10.5. The van der Waals surface area contributed by atoms with Gasteiger partial charge in [0, 0.05) is 20.1 Å². The fourth-order valence-electron chi connectivity index (χ4n) is 0.857. The van der Waals surface area contributed by atoms with Gasteiger partial charge in [-0.25, -0.2) is 0 Å². The second kappa shape index (κ2) is 4.74. The summed E-state index contributed by atoms with van der Waals surface area (Å²) >= 11 is 6.97. The maximum Gasteiger partial charge on any atom is 0.187 e. The van der Waals surface area contributed by atoms with E-state index in [9.17, 15) is 0 Å². The molecule has 1 rings (SSSR count). The van der Waals surface area contributed by atoms with Crippen LogP contribution in [0.5, 0.6) is 0 Å². The maximum atomic E-state index is 5.83. The number of aromatic nitrogens is 2. The van der Waals surface area contributed by atoms with Crippen molar-refractivity contribution in [2.24, 2.45) is 0 Å². The summed E-state index contributed by atoms with van der Waals surface area (Å²) in [5, 5.41) is 0.492. The van der Waals surface area contributed by atoms with Gasteiger partial charge in [-0.1, -0.05) is 11.6 Å². The summed E-state index contributed by atoms with van der Waals surface area (Å²) in [7, 11) is 6.04. The molecule has 4 nitrogen and oxygen atoms in total. The average Bonchev–Trinajstić information content (AvgIpc) is 2.47. The highest BCUT2D eigenvalue weighted by molar-refractivity contribution is 6.99. The molecule has 0 radical (unpaired) electrons. The molecule has 1 aromatic rings. The molecule has 0 aliphatic rings. The number of nitrogens with zero attached hydrogens (tertiary/aromatic N) is 4. The van der Waals surface area contributed by atoms with E-state index >= 15 is 0 Å². The predicted octanol–water partition coefficient (Wildman–Crippen LogP) is 1.19. The summed E-state index contributed by atoms with van der Waals surface area (Å²) in [6, 6.07) is 0. The lowest BCUT2D eigenvalue weighted by molar-refractivity contribution is 0.416. The summed E-state index contributed by atoms with van der Waals surface area (Å²) in [5.41, 5.74) is 0. The Morgan fingerprint density at radius 1 is 1.23 bits per heavy atom. The summed E-state index contributed by atoms with van der Waals surface area (Å²) in [5.74, 6) is 0.772. The van der Waals surface area contributed by atoms with Gasteiger partial charge in [-0.15, -0.1) is 0 Å². The lowest BCUT2D eigenvalue weighted by Crippen LogP contribution is -2.28. The van der Waals surface area contributed by atoms with Crippen LogP contribution in [-0.2, 0) is 0 Å². The van der Waals surface area contributed by atoms with Crippen molar-refractivity contribution in [1.82, 2.24) is 13.6 Å². The molecule has 0 aromatic carbocycles. The van der Waals surface area contributed by atoms with Crippen molar-refractivity contribution in [3.8, 4) is 0 Å². The van der Waals surface area contributed by atoms with Crippen molar-refractivity contribution >= 4 is 29.1 Å². The van der Waals surface area contributed by atoms with Crippen LogP contribution in [0.4, 0.5) is 5.82 Å². The first kappa shape index (κ1) is 10.7. The van der Waals surface area contributed by atoms with E-state index in [2.05, 4.69) is 13.6 Å². The minimum absolute atomic E-state index is 0.492. The molecule has 0 spiro atoms. The third-order valence-corrected chi connectivity index (χ3v) is 2.55. The predicted molar refractivity (Wildman–Crippen MR) is 56.7 cm³/mol. The van der Waals surface area contributed by atoms with Crippen LogP contribution >= 0.6 is 23.3 Å². The van der Waals surface area contributed by atoms with Crippen molar-refractivity contribution < 1.29 is 0 Å². The second-order valence-electron chi connectivity index (χ2n) is 3.10. The van der Waals surface area contributed by atoms with Gasteiger partial charge in [0.1, 0.15) is 0 Å². The van der Waals surface area contributed by atoms with Gasteiger partial charge in [0.05, 0.1) is 11.7 Å². The second-order valence-corrected chi connectivity index (χ2v) is 3.99. The van der Waals surface area contributed by atoms with Crippen LogP contribution in [0.25, 0.3) is 0 Å². The fraction of sp³-hybridized carbons (Fsp3) is 0.714. The van der Waals surface area contributed by atoms with Crippen LogP contribution in [0.15, 0.2) is 0 Å². The zero-order valence-electron chi connectivity index (χ0n) is 7.99. The van der Waals surface area contributed by atoms with Crippen LogP contribution in [-0.4, -0.2) is 47.9 Å². The van der Waals surface area contributed by atoms with Crippen molar-refractivity contribution in [3.63, 3.8) is 0 Å². The minimum atomic E-state index is 0.492. The number of hydrogen-bond acceptors (Lipinski definition) is 5. The summed E-state index contributed by atoms with van der Waals surface area (Å²) in [4.78, 5) is 4.12. The minimum Gasteiger partial charge on any atom is -0.355 e. The molecule has 13 heavy (non-hydrogen) atoms. The highest BCUT2D eigenvalue weighted by Gasteiger charge is 2.09. The molecule has 0 aliphatic heterocycles. The molecular formula is C7H13ClN4S. The molecule has 0 saturated carbocycles.